The molecule has 0 aromatic heterocycles. The van der Waals surface area contributed by atoms with Gasteiger partial charge in [0.25, 0.3) is 0 Å². The van der Waals surface area contributed by atoms with Gasteiger partial charge < -0.3 is 14.9 Å². The van der Waals surface area contributed by atoms with Gasteiger partial charge in [-0.05, 0) is 50.7 Å². The Balaban J connectivity index is 2.23. The van der Waals surface area contributed by atoms with Crippen LogP contribution in [0.3, 0.4) is 0 Å². The maximum Gasteiger partial charge on any atom is 0.303 e. The van der Waals surface area contributed by atoms with Crippen LogP contribution in [0, 0.1) is 5.41 Å². The van der Waals surface area contributed by atoms with Gasteiger partial charge in [0.1, 0.15) is 17.8 Å². The Kier molecular flexibility index (Phi) is 4.49. The second kappa shape index (κ2) is 6.10. The van der Waals surface area contributed by atoms with Crippen LogP contribution in [0.25, 0.3) is 0 Å². The summed E-state index contributed by atoms with van der Waals surface area (Å²) in [7, 11) is 0. The van der Waals surface area contributed by atoms with Crippen molar-refractivity contribution in [3.8, 4) is 0 Å². The molecule has 3 aliphatic rings. The molecule has 0 aromatic carbocycles. The molecule has 3 rings (SSSR count). The zero-order chi connectivity index (χ0) is 18.6. The number of carbonyl (C=O) groups excluding carboxylic acids is 1. The SMILES string of the molecule is CC(=O)O[C@H]1CC2=C(C)CC[C@@](O)([C@H](O)C3=C(C)CCC=C31)C2(C)C. The molecule has 25 heavy (non-hydrogen) atoms. The third-order valence-electron chi connectivity index (χ3n) is 6.66. The largest absolute Gasteiger partial charge is 0.457 e. The molecule has 2 N–H and O–H groups in total. The highest BCUT2D eigenvalue weighted by Gasteiger charge is 2.56. The van der Waals surface area contributed by atoms with Gasteiger partial charge in [0.05, 0.1) is 0 Å². The van der Waals surface area contributed by atoms with E-state index in [1.54, 1.807) is 0 Å². The van der Waals surface area contributed by atoms with Gasteiger partial charge in [-0.15, -0.1) is 0 Å². The predicted molar refractivity (Wildman–Crippen MR) is 96.9 cm³/mol. The fourth-order valence-corrected chi connectivity index (χ4v) is 5.02. The second-order valence-electron chi connectivity index (χ2n) is 8.41. The summed E-state index contributed by atoms with van der Waals surface area (Å²) in [6.45, 7) is 9.54. The van der Waals surface area contributed by atoms with Gasteiger partial charge in [0.15, 0.2) is 0 Å². The number of carbonyl (C=O) groups is 1. The standard InChI is InChI=1S/C21H30O4/c1-12-9-10-21(24)19(23)18-13(2)7-6-8-15(18)17(25-14(3)22)11-16(12)20(21,4)5/h8,17,19,23-24H,6-7,9-11H2,1-5H3/t17-,19+,21+/m0/s1. The molecule has 138 valence electrons. The number of aliphatic hydroxyl groups is 2. The number of fused-ring (bicyclic) bond motifs is 3. The van der Waals surface area contributed by atoms with E-state index in [1.165, 1.54) is 12.5 Å². The molecule has 1 fully saturated rings. The number of hydrogen-bond acceptors (Lipinski definition) is 4. The Morgan fingerprint density at radius 3 is 2.56 bits per heavy atom. The topological polar surface area (TPSA) is 66.8 Å². The summed E-state index contributed by atoms with van der Waals surface area (Å²) >= 11 is 0. The van der Waals surface area contributed by atoms with Crippen LogP contribution in [0.15, 0.2) is 33.9 Å². The normalized spacial score (nSPS) is 34.8. The van der Waals surface area contributed by atoms with Gasteiger partial charge in [0.2, 0.25) is 0 Å². The van der Waals surface area contributed by atoms with E-state index in [0.717, 1.165) is 41.6 Å². The van der Waals surface area contributed by atoms with Gasteiger partial charge in [-0.3, -0.25) is 4.79 Å². The van der Waals surface area contributed by atoms with Crippen LogP contribution >= 0.6 is 0 Å². The number of ether oxygens (including phenoxy) is 1. The molecule has 2 bridgehead atoms. The Bertz CT molecular complexity index is 695. The summed E-state index contributed by atoms with van der Waals surface area (Å²) in [5.41, 5.74) is 3.30. The lowest BCUT2D eigenvalue weighted by Crippen LogP contribution is -2.59. The molecule has 4 nitrogen and oxygen atoms in total. The Hall–Kier alpha value is -1.39. The van der Waals surface area contributed by atoms with Crippen molar-refractivity contribution in [2.75, 3.05) is 0 Å². The van der Waals surface area contributed by atoms with Crippen LogP contribution in [-0.2, 0) is 9.53 Å². The molecule has 0 aliphatic heterocycles. The van der Waals surface area contributed by atoms with Crippen molar-refractivity contribution in [2.45, 2.75) is 84.5 Å². The fraction of sp³-hybridized carbons (Fsp3) is 0.667. The van der Waals surface area contributed by atoms with Crippen LogP contribution in [0.2, 0.25) is 0 Å². The lowest BCUT2D eigenvalue weighted by Gasteiger charge is -2.54. The number of allylic oxidation sites excluding steroid dienone is 3. The third-order valence-corrected chi connectivity index (χ3v) is 6.66. The first-order valence-corrected chi connectivity index (χ1v) is 9.26. The van der Waals surface area contributed by atoms with Crippen molar-refractivity contribution in [3.63, 3.8) is 0 Å². The Morgan fingerprint density at radius 1 is 1.24 bits per heavy atom. The molecule has 0 amide bonds. The highest BCUT2D eigenvalue weighted by Crippen LogP contribution is 2.55. The molecule has 0 spiro atoms. The zero-order valence-electron chi connectivity index (χ0n) is 16.0. The van der Waals surface area contributed by atoms with E-state index in [2.05, 4.69) is 13.0 Å². The van der Waals surface area contributed by atoms with Crippen molar-refractivity contribution >= 4 is 5.97 Å². The van der Waals surface area contributed by atoms with Crippen LogP contribution < -0.4 is 0 Å². The van der Waals surface area contributed by atoms with Gasteiger partial charge in [0, 0.05) is 18.8 Å². The lowest BCUT2D eigenvalue weighted by molar-refractivity contribution is -0.149. The van der Waals surface area contributed by atoms with Crippen molar-refractivity contribution < 1.29 is 19.7 Å². The molecular weight excluding hydrogens is 316 g/mol. The Morgan fingerprint density at radius 2 is 1.92 bits per heavy atom. The summed E-state index contributed by atoms with van der Waals surface area (Å²) in [6, 6.07) is 0. The predicted octanol–water partition coefficient (Wildman–Crippen LogP) is 3.59. The van der Waals surface area contributed by atoms with E-state index in [9.17, 15) is 15.0 Å². The summed E-state index contributed by atoms with van der Waals surface area (Å²) < 4.78 is 5.69. The summed E-state index contributed by atoms with van der Waals surface area (Å²) in [6.07, 6.45) is 4.31. The van der Waals surface area contributed by atoms with Gasteiger partial charge in [-0.1, -0.05) is 36.6 Å². The highest BCUT2D eigenvalue weighted by molar-refractivity contribution is 5.67. The molecule has 4 heteroatoms. The minimum atomic E-state index is -1.21. The fourth-order valence-electron chi connectivity index (χ4n) is 5.02. The van der Waals surface area contributed by atoms with Gasteiger partial charge in [-0.2, -0.15) is 0 Å². The molecule has 0 aromatic rings. The third kappa shape index (κ3) is 2.70. The first kappa shape index (κ1) is 18.4. The van der Waals surface area contributed by atoms with Crippen LogP contribution in [0.1, 0.15) is 66.7 Å². The average molecular weight is 346 g/mol. The molecule has 0 saturated heterocycles. The number of rotatable bonds is 1. The molecule has 3 aliphatic carbocycles. The van der Waals surface area contributed by atoms with E-state index in [4.69, 9.17) is 4.74 Å². The first-order chi connectivity index (χ1) is 11.6. The lowest BCUT2D eigenvalue weighted by atomic mass is 9.55. The quantitative estimate of drug-likeness (QED) is 0.562. The van der Waals surface area contributed by atoms with Crippen molar-refractivity contribution in [1.82, 2.24) is 0 Å². The van der Waals surface area contributed by atoms with Crippen LogP contribution in [0.4, 0.5) is 0 Å². The summed E-state index contributed by atoms with van der Waals surface area (Å²) in [4.78, 5) is 11.7. The van der Waals surface area contributed by atoms with Gasteiger partial charge in [-0.25, -0.2) is 0 Å². The minimum Gasteiger partial charge on any atom is -0.457 e. The van der Waals surface area contributed by atoms with E-state index in [-0.39, 0.29) is 5.97 Å². The van der Waals surface area contributed by atoms with E-state index < -0.39 is 23.2 Å². The van der Waals surface area contributed by atoms with Crippen LogP contribution in [-0.4, -0.2) is 34.0 Å². The summed E-state index contributed by atoms with van der Waals surface area (Å²) in [5, 5.41) is 22.9. The first-order valence-electron chi connectivity index (χ1n) is 9.26. The van der Waals surface area contributed by atoms with E-state index in [1.807, 2.05) is 20.8 Å². The zero-order valence-corrected chi connectivity index (χ0v) is 16.0. The van der Waals surface area contributed by atoms with Crippen molar-refractivity contribution in [3.05, 3.63) is 33.9 Å². The Labute approximate surface area is 150 Å². The second-order valence-corrected chi connectivity index (χ2v) is 8.41. The van der Waals surface area contributed by atoms with E-state index >= 15 is 0 Å². The summed E-state index contributed by atoms with van der Waals surface area (Å²) in [5.74, 6) is -0.314. The smallest absolute Gasteiger partial charge is 0.303 e. The monoisotopic (exact) mass is 346 g/mol. The number of aliphatic hydroxyl groups excluding tert-OH is 1. The molecule has 0 unspecified atom stereocenters. The molecular formula is C21H30O4. The van der Waals surface area contributed by atoms with Crippen molar-refractivity contribution in [1.29, 1.82) is 0 Å². The average Bonchev–Trinajstić information content (AvgIpc) is 2.52. The molecule has 0 heterocycles. The molecule has 1 saturated carbocycles. The highest BCUT2D eigenvalue weighted by atomic mass is 16.5. The molecule has 0 radical (unpaired) electrons. The minimum absolute atomic E-state index is 0.314. The van der Waals surface area contributed by atoms with E-state index in [0.29, 0.717) is 12.8 Å². The number of hydrogen-bond donors (Lipinski definition) is 2. The maximum atomic E-state index is 11.7. The number of esters is 1. The van der Waals surface area contributed by atoms with Gasteiger partial charge >= 0.3 is 5.97 Å². The molecule has 3 atom stereocenters. The van der Waals surface area contributed by atoms with Crippen molar-refractivity contribution in [2.24, 2.45) is 5.41 Å². The maximum absolute atomic E-state index is 11.7. The van der Waals surface area contributed by atoms with Crippen LogP contribution in [0.5, 0.6) is 0 Å².